The van der Waals surface area contributed by atoms with Crippen LogP contribution in [0.2, 0.25) is 0 Å². The summed E-state index contributed by atoms with van der Waals surface area (Å²) in [5, 5.41) is 10.2. The van der Waals surface area contributed by atoms with E-state index in [9.17, 15) is 5.11 Å². The third kappa shape index (κ3) is 3.14. The van der Waals surface area contributed by atoms with E-state index in [1.807, 2.05) is 35.8 Å². The lowest BCUT2D eigenvalue weighted by Crippen LogP contribution is -2.03. The van der Waals surface area contributed by atoms with Crippen LogP contribution in [-0.2, 0) is 0 Å². The molecule has 0 saturated carbocycles. The molecule has 0 spiro atoms. The van der Waals surface area contributed by atoms with Crippen LogP contribution in [0.3, 0.4) is 0 Å². The smallest absolute Gasteiger partial charge is 0.190 e. The molecule has 3 heterocycles. The number of aliphatic hydroxyl groups excluding tert-OH is 1. The van der Waals surface area contributed by atoms with E-state index < -0.39 is 6.10 Å². The van der Waals surface area contributed by atoms with Crippen molar-refractivity contribution in [2.75, 3.05) is 5.73 Å². The van der Waals surface area contributed by atoms with Crippen LogP contribution in [0.25, 0.3) is 26.7 Å². The highest BCUT2D eigenvalue weighted by atomic mass is 32.1. The van der Waals surface area contributed by atoms with Gasteiger partial charge in [-0.05, 0) is 31.4 Å². The molecular weight excluding hydrogens is 360 g/mol. The Hall–Kier alpha value is -3.28. The summed E-state index contributed by atoms with van der Waals surface area (Å²) in [6, 6.07) is 7.95. The second kappa shape index (κ2) is 6.79. The number of nitrogens with two attached hydrogens (primary N) is 1. The van der Waals surface area contributed by atoms with Crippen molar-refractivity contribution in [3.05, 3.63) is 48.2 Å². The summed E-state index contributed by atoms with van der Waals surface area (Å²) in [5.74, 6) is 6.58. The lowest BCUT2D eigenvalue weighted by atomic mass is 10.2. The number of aromatic nitrogens is 5. The number of para-hydroxylation sites is 1. The summed E-state index contributed by atoms with van der Waals surface area (Å²) < 4.78 is 1.94. The normalized spacial score (nSPS) is 12.0. The van der Waals surface area contributed by atoms with E-state index in [0.717, 1.165) is 22.0 Å². The van der Waals surface area contributed by atoms with Crippen molar-refractivity contribution in [2.45, 2.75) is 20.0 Å². The van der Waals surface area contributed by atoms with Crippen LogP contribution in [0.5, 0.6) is 0 Å². The summed E-state index contributed by atoms with van der Waals surface area (Å²) in [6.07, 6.45) is 2.41. The third-order valence-corrected chi connectivity index (χ3v) is 4.94. The zero-order chi connectivity index (χ0) is 19.0. The van der Waals surface area contributed by atoms with Gasteiger partial charge in [0.15, 0.2) is 11.6 Å². The van der Waals surface area contributed by atoms with Crippen LogP contribution in [0, 0.1) is 18.8 Å². The number of anilines is 1. The topological polar surface area (TPSA) is 103 Å². The second-order valence-electron chi connectivity index (χ2n) is 5.97. The van der Waals surface area contributed by atoms with Gasteiger partial charge in [-0.2, -0.15) is 0 Å². The van der Waals surface area contributed by atoms with E-state index in [1.54, 1.807) is 13.1 Å². The molecule has 1 unspecified atom stereocenters. The molecule has 3 N–H and O–H groups in total. The summed E-state index contributed by atoms with van der Waals surface area (Å²) in [4.78, 5) is 18.0. The van der Waals surface area contributed by atoms with Crippen molar-refractivity contribution in [1.82, 2.24) is 24.5 Å². The zero-order valence-electron chi connectivity index (χ0n) is 14.7. The molecule has 0 fully saturated rings. The SMILES string of the molecule is Cc1ccccc1-n1c(-c2nc3c(N)ncnc3s2)cnc1C#CC(C)O. The summed E-state index contributed by atoms with van der Waals surface area (Å²) in [7, 11) is 0. The van der Waals surface area contributed by atoms with Crippen LogP contribution in [0.1, 0.15) is 18.3 Å². The number of aryl methyl sites for hydroxylation is 1. The highest BCUT2D eigenvalue weighted by molar-refractivity contribution is 7.21. The van der Waals surface area contributed by atoms with Gasteiger partial charge in [-0.25, -0.2) is 19.9 Å². The van der Waals surface area contributed by atoms with Gasteiger partial charge in [-0.1, -0.05) is 35.5 Å². The minimum Gasteiger partial charge on any atom is -0.382 e. The van der Waals surface area contributed by atoms with E-state index in [2.05, 4.69) is 31.8 Å². The molecule has 3 aromatic heterocycles. The Labute approximate surface area is 159 Å². The van der Waals surface area contributed by atoms with Gasteiger partial charge in [0.05, 0.1) is 11.9 Å². The van der Waals surface area contributed by atoms with Gasteiger partial charge in [-0.15, -0.1) is 0 Å². The maximum atomic E-state index is 9.53. The number of hydrogen-bond acceptors (Lipinski definition) is 7. The summed E-state index contributed by atoms with van der Waals surface area (Å²) in [6.45, 7) is 3.64. The van der Waals surface area contributed by atoms with Crippen molar-refractivity contribution >= 4 is 27.5 Å². The maximum Gasteiger partial charge on any atom is 0.190 e. The summed E-state index contributed by atoms with van der Waals surface area (Å²) in [5.41, 5.74) is 9.29. The van der Waals surface area contributed by atoms with Gasteiger partial charge in [0.25, 0.3) is 0 Å². The largest absolute Gasteiger partial charge is 0.382 e. The van der Waals surface area contributed by atoms with Crippen LogP contribution in [0.4, 0.5) is 5.82 Å². The molecule has 0 bridgehead atoms. The molecule has 27 heavy (non-hydrogen) atoms. The number of hydrogen-bond donors (Lipinski definition) is 2. The fourth-order valence-electron chi connectivity index (χ4n) is 2.70. The van der Waals surface area contributed by atoms with E-state index in [4.69, 9.17) is 5.73 Å². The molecular formula is C19H16N6OS. The molecule has 1 atom stereocenters. The first-order valence-corrected chi connectivity index (χ1v) is 9.07. The number of fused-ring (bicyclic) bond motifs is 1. The Balaban J connectivity index is 1.97. The van der Waals surface area contributed by atoms with Gasteiger partial charge in [0, 0.05) is 0 Å². The van der Waals surface area contributed by atoms with Crippen molar-refractivity contribution in [2.24, 2.45) is 0 Å². The molecule has 0 aliphatic rings. The Morgan fingerprint density at radius 1 is 1.22 bits per heavy atom. The number of imidazole rings is 1. The predicted octanol–water partition coefficient (Wildman–Crippen LogP) is 2.56. The number of aliphatic hydroxyl groups is 1. The van der Waals surface area contributed by atoms with E-state index >= 15 is 0 Å². The fourth-order valence-corrected chi connectivity index (χ4v) is 3.61. The Morgan fingerprint density at radius 3 is 2.78 bits per heavy atom. The van der Waals surface area contributed by atoms with Crippen molar-refractivity contribution in [3.8, 4) is 28.2 Å². The molecule has 0 radical (unpaired) electrons. The molecule has 134 valence electrons. The molecule has 8 heteroatoms. The first-order chi connectivity index (χ1) is 13.0. The number of benzene rings is 1. The molecule has 4 rings (SSSR count). The van der Waals surface area contributed by atoms with Crippen LogP contribution in [0.15, 0.2) is 36.8 Å². The minimum atomic E-state index is -0.743. The van der Waals surface area contributed by atoms with E-state index in [-0.39, 0.29) is 0 Å². The van der Waals surface area contributed by atoms with Gasteiger partial charge in [0.1, 0.15) is 33.5 Å². The van der Waals surface area contributed by atoms with Crippen LogP contribution >= 0.6 is 11.3 Å². The molecule has 4 aromatic rings. The first kappa shape index (κ1) is 17.1. The average Bonchev–Trinajstić information content (AvgIpc) is 3.25. The number of rotatable bonds is 2. The van der Waals surface area contributed by atoms with Crippen molar-refractivity contribution in [1.29, 1.82) is 0 Å². The van der Waals surface area contributed by atoms with Crippen molar-refractivity contribution < 1.29 is 5.11 Å². The first-order valence-electron chi connectivity index (χ1n) is 8.25. The molecule has 7 nitrogen and oxygen atoms in total. The molecule has 0 aliphatic heterocycles. The minimum absolute atomic E-state index is 0.346. The predicted molar refractivity (Wildman–Crippen MR) is 105 cm³/mol. The average molecular weight is 376 g/mol. The lowest BCUT2D eigenvalue weighted by Gasteiger charge is -2.11. The maximum absolute atomic E-state index is 9.53. The lowest BCUT2D eigenvalue weighted by molar-refractivity contribution is 0.253. The summed E-state index contributed by atoms with van der Waals surface area (Å²) >= 11 is 1.42. The van der Waals surface area contributed by atoms with E-state index in [0.29, 0.717) is 22.0 Å². The molecule has 0 amide bonds. The number of nitrogens with zero attached hydrogens (tertiary/aromatic N) is 5. The Kier molecular flexibility index (Phi) is 4.32. The van der Waals surface area contributed by atoms with Gasteiger partial charge in [0.2, 0.25) is 0 Å². The van der Waals surface area contributed by atoms with Gasteiger partial charge in [-0.3, -0.25) is 4.57 Å². The highest BCUT2D eigenvalue weighted by Crippen LogP contribution is 2.33. The van der Waals surface area contributed by atoms with E-state index in [1.165, 1.54) is 17.7 Å². The molecule has 1 aromatic carbocycles. The van der Waals surface area contributed by atoms with Crippen LogP contribution in [-0.4, -0.2) is 35.7 Å². The third-order valence-electron chi connectivity index (χ3n) is 3.95. The molecule has 0 saturated heterocycles. The standard InChI is InChI=1S/C19H16N6OS/c1-11-5-3-4-6-13(11)25-14(9-21-15(25)8-7-12(2)26)18-24-16-17(20)22-10-23-19(16)27-18/h3-6,9-10,12,26H,1-2H3,(H2,20,22,23). The van der Waals surface area contributed by atoms with Gasteiger partial charge >= 0.3 is 0 Å². The fraction of sp³-hybridized carbons (Fsp3) is 0.158. The second-order valence-corrected chi connectivity index (χ2v) is 6.94. The van der Waals surface area contributed by atoms with Gasteiger partial charge < -0.3 is 10.8 Å². The number of nitrogen functional groups attached to an aromatic ring is 1. The monoisotopic (exact) mass is 376 g/mol. The van der Waals surface area contributed by atoms with Crippen LogP contribution < -0.4 is 5.73 Å². The quantitative estimate of drug-likeness (QED) is 0.521. The van der Waals surface area contributed by atoms with Crippen molar-refractivity contribution in [3.63, 3.8) is 0 Å². The zero-order valence-corrected chi connectivity index (χ0v) is 15.5. The Bertz CT molecular complexity index is 1200. The molecule has 0 aliphatic carbocycles. The highest BCUT2D eigenvalue weighted by Gasteiger charge is 2.18. The Morgan fingerprint density at radius 2 is 2.04 bits per heavy atom. The number of thiazole rings is 1.